The molecule has 6 rings (SSSR count). The predicted octanol–water partition coefficient (Wildman–Crippen LogP) is 0.524. The van der Waals surface area contributed by atoms with Crippen molar-refractivity contribution in [3.63, 3.8) is 0 Å². The topological polar surface area (TPSA) is 123 Å². The Morgan fingerprint density at radius 2 is 2.10 bits per heavy atom. The highest BCUT2D eigenvalue weighted by molar-refractivity contribution is 5.87. The summed E-state index contributed by atoms with van der Waals surface area (Å²) in [6, 6.07) is -1.07. The van der Waals surface area contributed by atoms with E-state index in [9.17, 15) is 9.59 Å². The van der Waals surface area contributed by atoms with Gasteiger partial charge in [-0.1, -0.05) is 20.4 Å². The first-order valence-corrected chi connectivity index (χ1v) is 15.3. The van der Waals surface area contributed by atoms with Crippen LogP contribution in [0.4, 0.5) is 9.18 Å². The summed E-state index contributed by atoms with van der Waals surface area (Å²) < 4.78 is 22.6. The first kappa shape index (κ1) is 28.8. The van der Waals surface area contributed by atoms with Crippen molar-refractivity contribution in [3.05, 3.63) is 12.7 Å². The van der Waals surface area contributed by atoms with E-state index < -0.39 is 24.5 Å². The number of ether oxygens (including phenoxy) is 1. The molecule has 9 unspecified atom stereocenters. The van der Waals surface area contributed by atoms with Crippen molar-refractivity contribution in [3.8, 4) is 0 Å². The van der Waals surface area contributed by atoms with Crippen LogP contribution in [0.3, 0.4) is 0 Å². The lowest BCUT2D eigenvalue weighted by Crippen LogP contribution is -2.80. The molecule has 0 radical (unpaired) electrons. The van der Waals surface area contributed by atoms with Crippen LogP contribution in [-0.2, 0) is 14.4 Å². The molecule has 6 heterocycles. The molecule has 0 aliphatic carbocycles. The highest BCUT2D eigenvalue weighted by Crippen LogP contribution is 2.38. The number of fused-ring (bicyclic) bond motifs is 5. The van der Waals surface area contributed by atoms with Crippen LogP contribution in [0, 0.1) is 11.8 Å². The van der Waals surface area contributed by atoms with E-state index in [1.54, 1.807) is 4.90 Å². The summed E-state index contributed by atoms with van der Waals surface area (Å²) in [7, 11) is 0. The number of hydrogen-bond donors (Lipinski definition) is 4. The molecule has 4 bridgehead atoms. The Kier molecular flexibility index (Phi) is 8.25. The van der Waals surface area contributed by atoms with Crippen molar-refractivity contribution in [1.82, 2.24) is 36.1 Å². The standard InChI is InChI=1S/C28H45FN8O4/c1-5-21(38)35-10-11-36(16(4)14-35)26-17-13-18(29)23-25-31-20(41-34-25)7-6-12-40-19-8-9-30-22(15(2)3)24(19)37(27(17)32-23)28(39)33-26/h5,15-19,22-27,30,32,34H,1,6-14H2,2-4H3,(H,33,39)/t16-,17?,18?,19?,22?,23?,24?,25?,26?,27?/m0/s1. The largest absolute Gasteiger partial charge is 0.391 e. The lowest BCUT2D eigenvalue weighted by atomic mass is 9.80. The number of hydrogen-bond acceptors (Lipinski definition) is 9. The molecule has 0 spiro atoms. The van der Waals surface area contributed by atoms with E-state index in [4.69, 9.17) is 9.57 Å². The quantitative estimate of drug-likeness (QED) is 0.359. The first-order chi connectivity index (χ1) is 19.8. The summed E-state index contributed by atoms with van der Waals surface area (Å²) in [5.41, 5.74) is 2.92. The zero-order valence-electron chi connectivity index (χ0n) is 24.3. The highest BCUT2D eigenvalue weighted by Gasteiger charge is 2.56. The van der Waals surface area contributed by atoms with Gasteiger partial charge < -0.3 is 30.0 Å². The maximum atomic E-state index is 16.1. The number of urea groups is 1. The second-order valence-corrected chi connectivity index (χ2v) is 12.6. The van der Waals surface area contributed by atoms with Gasteiger partial charge in [-0.3, -0.25) is 15.0 Å². The maximum absolute atomic E-state index is 16.1. The minimum Gasteiger partial charge on any atom is -0.391 e. The Morgan fingerprint density at radius 3 is 2.85 bits per heavy atom. The van der Waals surface area contributed by atoms with E-state index >= 15 is 4.39 Å². The number of carbonyl (C=O) groups is 2. The molecule has 3 amide bonds. The minimum absolute atomic E-state index is 0.0227. The molecule has 228 valence electrons. The van der Waals surface area contributed by atoms with Crippen LogP contribution in [0.2, 0.25) is 0 Å². The summed E-state index contributed by atoms with van der Waals surface area (Å²) in [6.07, 6.45) is 0.940. The molecular weight excluding hydrogens is 531 g/mol. The van der Waals surface area contributed by atoms with Gasteiger partial charge in [-0.2, -0.15) is 0 Å². The van der Waals surface area contributed by atoms with Crippen molar-refractivity contribution in [2.24, 2.45) is 16.8 Å². The van der Waals surface area contributed by atoms with Crippen molar-refractivity contribution in [2.75, 3.05) is 32.8 Å². The fourth-order valence-corrected chi connectivity index (χ4v) is 7.78. The molecule has 0 aromatic heterocycles. The Labute approximate surface area is 241 Å². The Balaban J connectivity index is 1.36. The number of nitrogens with one attached hydrogen (secondary N) is 4. The molecule has 4 saturated heterocycles. The third-order valence-electron chi connectivity index (χ3n) is 9.77. The second-order valence-electron chi connectivity index (χ2n) is 12.6. The fraction of sp³-hybridized carbons (Fsp3) is 0.821. The number of alkyl halides is 1. The smallest absolute Gasteiger partial charge is 0.320 e. The van der Waals surface area contributed by atoms with Gasteiger partial charge in [0.1, 0.15) is 6.17 Å². The maximum Gasteiger partial charge on any atom is 0.320 e. The molecule has 0 aromatic rings. The molecule has 0 aromatic carbocycles. The summed E-state index contributed by atoms with van der Waals surface area (Å²) in [4.78, 5) is 42.8. The lowest BCUT2D eigenvalue weighted by molar-refractivity contribution is -0.133. The predicted molar refractivity (Wildman–Crippen MR) is 150 cm³/mol. The SMILES string of the molecule is C=CC(=O)N1CCN(C2NC(=O)N3C4NC(C(F)CC42)C2N=C(CCCOC4CCNC(C(C)C)C43)ON2)[C@@H](C)C1. The van der Waals surface area contributed by atoms with E-state index in [1.165, 1.54) is 6.08 Å². The zero-order chi connectivity index (χ0) is 28.8. The van der Waals surface area contributed by atoms with Crippen LogP contribution in [-0.4, -0.2) is 120 Å². The van der Waals surface area contributed by atoms with Crippen LogP contribution in [0.25, 0.3) is 0 Å². The number of rotatable bonds is 3. The van der Waals surface area contributed by atoms with Crippen molar-refractivity contribution >= 4 is 17.8 Å². The summed E-state index contributed by atoms with van der Waals surface area (Å²) in [5, 5.41) is 10.5. The van der Waals surface area contributed by atoms with Crippen LogP contribution >= 0.6 is 0 Å². The van der Waals surface area contributed by atoms with Gasteiger partial charge in [0.05, 0.1) is 30.5 Å². The Morgan fingerprint density at radius 1 is 1.27 bits per heavy atom. The second kappa shape index (κ2) is 11.8. The van der Waals surface area contributed by atoms with Crippen molar-refractivity contribution < 1.29 is 23.6 Å². The molecule has 4 N–H and O–H groups in total. The lowest BCUT2D eigenvalue weighted by Gasteiger charge is -2.59. The van der Waals surface area contributed by atoms with Crippen molar-refractivity contribution in [1.29, 1.82) is 0 Å². The number of aliphatic imine (C=N–C) groups is 1. The van der Waals surface area contributed by atoms with Crippen molar-refractivity contribution in [2.45, 2.75) is 101 Å². The van der Waals surface area contributed by atoms with Gasteiger partial charge in [0.15, 0.2) is 6.17 Å². The number of nitrogens with zero attached hydrogens (tertiary/aromatic N) is 4. The first-order valence-electron chi connectivity index (χ1n) is 15.3. The van der Waals surface area contributed by atoms with Gasteiger partial charge in [-0.25, -0.2) is 14.2 Å². The van der Waals surface area contributed by atoms with Crippen LogP contribution in [0.15, 0.2) is 17.6 Å². The van der Waals surface area contributed by atoms with Gasteiger partial charge in [0, 0.05) is 50.7 Å². The summed E-state index contributed by atoms with van der Waals surface area (Å²) in [5.74, 6) is 0.479. The number of hydroxylamine groups is 1. The molecule has 41 heavy (non-hydrogen) atoms. The minimum atomic E-state index is -1.21. The number of piperazine rings is 1. The molecule has 13 heteroatoms. The van der Waals surface area contributed by atoms with Gasteiger partial charge in [-0.15, -0.1) is 5.48 Å². The molecule has 10 atom stereocenters. The Hall–Kier alpha value is -2.32. The van der Waals surface area contributed by atoms with Gasteiger partial charge >= 0.3 is 6.03 Å². The number of piperidine rings is 2. The summed E-state index contributed by atoms with van der Waals surface area (Å²) in [6.45, 7) is 13.0. The monoisotopic (exact) mass is 576 g/mol. The molecule has 12 nitrogen and oxygen atoms in total. The van der Waals surface area contributed by atoms with E-state index in [0.29, 0.717) is 38.6 Å². The zero-order valence-corrected chi connectivity index (χ0v) is 24.3. The number of amides is 3. The van der Waals surface area contributed by atoms with Crippen LogP contribution in [0.5, 0.6) is 0 Å². The van der Waals surface area contributed by atoms with E-state index in [1.807, 2.05) is 4.90 Å². The number of carbonyl (C=O) groups excluding carboxylic acids is 2. The number of halogens is 1. The average molecular weight is 577 g/mol. The van der Waals surface area contributed by atoms with Crippen LogP contribution < -0.4 is 21.4 Å². The Bertz CT molecular complexity index is 1050. The molecular formula is C28H45FN8O4. The van der Waals surface area contributed by atoms with E-state index in [-0.39, 0.29) is 60.6 Å². The van der Waals surface area contributed by atoms with Gasteiger partial charge in [0.25, 0.3) is 0 Å². The molecule has 6 aliphatic rings. The average Bonchev–Trinajstić information content (AvgIpc) is 3.43. The van der Waals surface area contributed by atoms with E-state index in [2.05, 4.69) is 58.7 Å². The molecule has 0 saturated carbocycles. The molecule has 4 fully saturated rings. The molecule has 6 aliphatic heterocycles. The van der Waals surface area contributed by atoms with Crippen LogP contribution in [0.1, 0.15) is 46.5 Å². The normalized spacial score (nSPS) is 41.7. The van der Waals surface area contributed by atoms with Gasteiger partial charge in [-0.05, 0) is 44.7 Å². The summed E-state index contributed by atoms with van der Waals surface area (Å²) >= 11 is 0. The van der Waals surface area contributed by atoms with E-state index in [0.717, 1.165) is 19.4 Å². The highest BCUT2D eigenvalue weighted by atomic mass is 19.1. The fourth-order valence-electron chi connectivity index (χ4n) is 7.78. The third-order valence-corrected chi connectivity index (χ3v) is 9.77. The third kappa shape index (κ3) is 5.35. The van der Waals surface area contributed by atoms with Gasteiger partial charge in [0.2, 0.25) is 11.8 Å².